The molecule has 0 spiro atoms. The van der Waals surface area contributed by atoms with Gasteiger partial charge in [-0.15, -0.1) is 0 Å². The summed E-state index contributed by atoms with van der Waals surface area (Å²) in [7, 11) is 0. The summed E-state index contributed by atoms with van der Waals surface area (Å²) in [5, 5.41) is 0.968. The number of aromatic nitrogens is 2. The van der Waals surface area contributed by atoms with Crippen LogP contribution in [-0.2, 0) is 0 Å². The number of aryl methyl sites for hydroxylation is 2. The minimum atomic E-state index is -0.333. The molecule has 0 unspecified atom stereocenters. The van der Waals surface area contributed by atoms with E-state index in [1.807, 2.05) is 26.0 Å². The summed E-state index contributed by atoms with van der Waals surface area (Å²) in [4.78, 5) is 20.4. The van der Waals surface area contributed by atoms with Crippen LogP contribution in [0, 0.1) is 13.8 Å². The lowest BCUT2D eigenvalue weighted by molar-refractivity contribution is 0.0985. The van der Waals surface area contributed by atoms with Crippen molar-refractivity contribution in [3.8, 4) is 0 Å². The standard InChI is InChI=1S/C13H14N4O/c1-9-8-10(2)16-13(15-9)17(14)12(18)11-6-4-3-5-7-11/h3-8H,14H2,1-2H3. The van der Waals surface area contributed by atoms with Crippen molar-refractivity contribution in [3.63, 3.8) is 0 Å². The van der Waals surface area contributed by atoms with Gasteiger partial charge in [-0.25, -0.2) is 20.8 Å². The fraction of sp³-hybridized carbons (Fsp3) is 0.154. The van der Waals surface area contributed by atoms with Crippen molar-refractivity contribution in [2.45, 2.75) is 13.8 Å². The van der Waals surface area contributed by atoms with E-state index in [9.17, 15) is 4.79 Å². The maximum Gasteiger partial charge on any atom is 0.275 e. The van der Waals surface area contributed by atoms with Gasteiger partial charge in [0.25, 0.3) is 5.91 Å². The van der Waals surface area contributed by atoms with Crippen LogP contribution in [0.2, 0.25) is 0 Å². The number of benzene rings is 1. The lowest BCUT2D eigenvalue weighted by Gasteiger charge is -2.15. The molecule has 1 aromatic heterocycles. The molecule has 2 aromatic rings. The molecule has 18 heavy (non-hydrogen) atoms. The molecule has 0 fully saturated rings. The smallest absolute Gasteiger partial charge is 0.267 e. The van der Waals surface area contributed by atoms with Gasteiger partial charge in [-0.05, 0) is 32.0 Å². The SMILES string of the molecule is Cc1cc(C)nc(N(N)C(=O)c2ccccc2)n1. The zero-order valence-electron chi connectivity index (χ0n) is 10.3. The van der Waals surface area contributed by atoms with Crippen molar-refractivity contribution >= 4 is 11.9 Å². The Bertz CT molecular complexity index is 548. The molecule has 0 atom stereocenters. The van der Waals surface area contributed by atoms with Crippen LogP contribution in [0.4, 0.5) is 5.95 Å². The molecule has 0 bridgehead atoms. The molecule has 5 heteroatoms. The predicted octanol–water partition coefficient (Wildman–Crippen LogP) is 1.61. The Balaban J connectivity index is 2.31. The fourth-order valence-corrected chi connectivity index (χ4v) is 1.63. The van der Waals surface area contributed by atoms with E-state index >= 15 is 0 Å². The molecule has 2 rings (SSSR count). The highest BCUT2D eigenvalue weighted by molar-refractivity contribution is 6.04. The van der Waals surface area contributed by atoms with Crippen LogP contribution in [0.15, 0.2) is 36.4 Å². The van der Waals surface area contributed by atoms with Gasteiger partial charge in [0, 0.05) is 17.0 Å². The first-order valence-electron chi connectivity index (χ1n) is 5.54. The van der Waals surface area contributed by atoms with Crippen LogP contribution in [0.3, 0.4) is 0 Å². The number of carbonyl (C=O) groups is 1. The maximum atomic E-state index is 12.1. The molecule has 1 aromatic carbocycles. The van der Waals surface area contributed by atoms with E-state index in [0.29, 0.717) is 5.56 Å². The highest BCUT2D eigenvalue weighted by Gasteiger charge is 2.16. The average Bonchev–Trinajstić information content (AvgIpc) is 2.37. The Labute approximate surface area is 105 Å². The van der Waals surface area contributed by atoms with E-state index in [0.717, 1.165) is 16.4 Å². The van der Waals surface area contributed by atoms with E-state index in [1.54, 1.807) is 24.3 Å². The molecular weight excluding hydrogens is 228 g/mol. The highest BCUT2D eigenvalue weighted by Crippen LogP contribution is 2.10. The van der Waals surface area contributed by atoms with Crippen molar-refractivity contribution in [2.24, 2.45) is 5.84 Å². The Morgan fingerprint density at radius 1 is 1.11 bits per heavy atom. The van der Waals surface area contributed by atoms with Gasteiger partial charge in [-0.1, -0.05) is 18.2 Å². The Morgan fingerprint density at radius 3 is 2.22 bits per heavy atom. The number of hydrogen-bond donors (Lipinski definition) is 1. The van der Waals surface area contributed by atoms with Gasteiger partial charge in [0.2, 0.25) is 5.95 Å². The van der Waals surface area contributed by atoms with E-state index in [4.69, 9.17) is 5.84 Å². The van der Waals surface area contributed by atoms with Crippen molar-refractivity contribution < 1.29 is 4.79 Å². The first-order chi connectivity index (χ1) is 8.58. The van der Waals surface area contributed by atoms with Gasteiger partial charge >= 0.3 is 0 Å². The number of amides is 1. The molecule has 0 aliphatic carbocycles. The summed E-state index contributed by atoms with van der Waals surface area (Å²) in [6.07, 6.45) is 0. The second-order valence-electron chi connectivity index (χ2n) is 3.99. The average molecular weight is 242 g/mol. The second-order valence-corrected chi connectivity index (χ2v) is 3.99. The summed E-state index contributed by atoms with van der Waals surface area (Å²) in [5.41, 5.74) is 2.05. The van der Waals surface area contributed by atoms with E-state index in [2.05, 4.69) is 9.97 Å². The van der Waals surface area contributed by atoms with Crippen LogP contribution in [-0.4, -0.2) is 15.9 Å². The minimum absolute atomic E-state index is 0.210. The minimum Gasteiger partial charge on any atom is -0.267 e. The lowest BCUT2D eigenvalue weighted by Crippen LogP contribution is -2.39. The summed E-state index contributed by atoms with van der Waals surface area (Å²) >= 11 is 0. The molecule has 0 saturated heterocycles. The molecule has 5 nitrogen and oxygen atoms in total. The van der Waals surface area contributed by atoms with Crippen LogP contribution < -0.4 is 10.9 Å². The van der Waals surface area contributed by atoms with Crippen LogP contribution in [0.5, 0.6) is 0 Å². The molecule has 1 amide bonds. The number of hydrazine groups is 1. The topological polar surface area (TPSA) is 72.1 Å². The molecule has 2 N–H and O–H groups in total. The molecule has 1 heterocycles. The Morgan fingerprint density at radius 2 is 1.67 bits per heavy atom. The van der Waals surface area contributed by atoms with E-state index < -0.39 is 0 Å². The highest BCUT2D eigenvalue weighted by atomic mass is 16.2. The zero-order chi connectivity index (χ0) is 13.1. The Hall–Kier alpha value is -2.27. The van der Waals surface area contributed by atoms with Gasteiger partial charge < -0.3 is 0 Å². The Kier molecular flexibility index (Phi) is 3.34. The van der Waals surface area contributed by atoms with Gasteiger partial charge in [0.15, 0.2) is 0 Å². The van der Waals surface area contributed by atoms with Gasteiger partial charge in [0.1, 0.15) is 0 Å². The van der Waals surface area contributed by atoms with Crippen LogP contribution in [0.25, 0.3) is 0 Å². The van der Waals surface area contributed by atoms with Crippen molar-refractivity contribution in [2.75, 3.05) is 5.01 Å². The molecule has 92 valence electrons. The van der Waals surface area contributed by atoms with Gasteiger partial charge in [-0.3, -0.25) is 4.79 Å². The third-order valence-corrected chi connectivity index (χ3v) is 2.43. The zero-order valence-corrected chi connectivity index (χ0v) is 10.3. The first kappa shape index (κ1) is 12.2. The number of nitrogens with zero attached hydrogens (tertiary/aromatic N) is 3. The summed E-state index contributed by atoms with van der Waals surface area (Å²) in [6, 6.07) is 10.6. The second kappa shape index (κ2) is 4.93. The lowest BCUT2D eigenvalue weighted by atomic mass is 10.2. The van der Waals surface area contributed by atoms with E-state index in [-0.39, 0.29) is 11.9 Å². The fourth-order valence-electron chi connectivity index (χ4n) is 1.63. The number of carbonyl (C=O) groups excluding carboxylic acids is 1. The third-order valence-electron chi connectivity index (χ3n) is 2.43. The van der Waals surface area contributed by atoms with Crippen LogP contribution >= 0.6 is 0 Å². The largest absolute Gasteiger partial charge is 0.275 e. The third kappa shape index (κ3) is 2.52. The molecule has 0 aliphatic rings. The molecule has 0 aliphatic heterocycles. The summed E-state index contributed by atoms with van der Waals surface area (Å²) in [6.45, 7) is 3.66. The number of anilines is 1. The number of hydrogen-bond acceptors (Lipinski definition) is 4. The van der Waals surface area contributed by atoms with Gasteiger partial charge in [-0.2, -0.15) is 0 Å². The van der Waals surface area contributed by atoms with Crippen molar-refractivity contribution in [1.29, 1.82) is 0 Å². The maximum absolute atomic E-state index is 12.1. The first-order valence-corrected chi connectivity index (χ1v) is 5.54. The normalized spacial score (nSPS) is 10.2. The number of nitrogens with two attached hydrogens (primary N) is 1. The van der Waals surface area contributed by atoms with Gasteiger partial charge in [0.05, 0.1) is 0 Å². The van der Waals surface area contributed by atoms with Crippen LogP contribution in [0.1, 0.15) is 21.7 Å². The summed E-state index contributed by atoms with van der Waals surface area (Å²) in [5.74, 6) is 5.64. The number of rotatable bonds is 2. The monoisotopic (exact) mass is 242 g/mol. The summed E-state index contributed by atoms with van der Waals surface area (Å²) < 4.78 is 0. The predicted molar refractivity (Wildman–Crippen MR) is 68.9 cm³/mol. The van der Waals surface area contributed by atoms with Crippen molar-refractivity contribution in [3.05, 3.63) is 53.3 Å². The molecular formula is C13H14N4O. The van der Waals surface area contributed by atoms with E-state index in [1.165, 1.54) is 0 Å². The molecule has 0 radical (unpaired) electrons. The quantitative estimate of drug-likeness (QED) is 0.493. The molecule has 0 saturated carbocycles. The van der Waals surface area contributed by atoms with Crippen molar-refractivity contribution in [1.82, 2.24) is 9.97 Å².